The van der Waals surface area contributed by atoms with Crippen LogP contribution in [0.5, 0.6) is 0 Å². The van der Waals surface area contributed by atoms with E-state index in [0.717, 1.165) is 0 Å². The van der Waals surface area contributed by atoms with E-state index in [9.17, 15) is 13.2 Å². The standard InChI is InChI=1S/C10H14F3N3O/c1-7-14-9(15-17-7)6-16-4-2-8(3-5-16)10(11,12)13/h8H,2-6H2,1H3. The molecule has 0 unspecified atom stereocenters. The average molecular weight is 249 g/mol. The number of nitrogens with zero attached hydrogens (tertiary/aromatic N) is 3. The zero-order valence-electron chi connectivity index (χ0n) is 9.50. The summed E-state index contributed by atoms with van der Waals surface area (Å²) in [6.07, 6.45) is -3.75. The normalized spacial score (nSPS) is 19.8. The number of halogens is 3. The highest BCUT2D eigenvalue weighted by Crippen LogP contribution is 2.34. The molecule has 0 aromatic carbocycles. The molecule has 17 heavy (non-hydrogen) atoms. The van der Waals surface area contributed by atoms with Crippen LogP contribution in [0, 0.1) is 12.8 Å². The van der Waals surface area contributed by atoms with E-state index in [1.54, 1.807) is 6.92 Å². The molecule has 0 amide bonds. The third-order valence-corrected chi connectivity index (χ3v) is 2.99. The Balaban J connectivity index is 1.83. The first kappa shape index (κ1) is 12.3. The molecule has 0 spiro atoms. The zero-order valence-corrected chi connectivity index (χ0v) is 9.50. The Morgan fingerprint density at radius 1 is 1.35 bits per heavy atom. The van der Waals surface area contributed by atoms with Crippen molar-refractivity contribution in [3.63, 3.8) is 0 Å². The van der Waals surface area contributed by atoms with Gasteiger partial charge in [0.15, 0.2) is 5.82 Å². The summed E-state index contributed by atoms with van der Waals surface area (Å²) in [6.45, 7) is 3.00. The first-order chi connectivity index (χ1) is 7.95. The molecule has 1 aliphatic heterocycles. The molecule has 1 aromatic rings. The number of aromatic nitrogens is 2. The lowest BCUT2D eigenvalue weighted by Gasteiger charge is -2.31. The Bertz CT molecular complexity index is 369. The van der Waals surface area contributed by atoms with Crippen LogP contribution in [-0.2, 0) is 6.54 Å². The van der Waals surface area contributed by atoms with Gasteiger partial charge < -0.3 is 4.52 Å². The van der Waals surface area contributed by atoms with E-state index in [4.69, 9.17) is 4.52 Å². The molecule has 0 aliphatic carbocycles. The van der Waals surface area contributed by atoms with Gasteiger partial charge in [-0.3, -0.25) is 4.90 Å². The maximum Gasteiger partial charge on any atom is 0.391 e. The molecule has 4 nitrogen and oxygen atoms in total. The summed E-state index contributed by atoms with van der Waals surface area (Å²) >= 11 is 0. The minimum atomic E-state index is -4.06. The number of alkyl halides is 3. The van der Waals surface area contributed by atoms with E-state index in [0.29, 0.717) is 31.3 Å². The predicted molar refractivity (Wildman–Crippen MR) is 53.1 cm³/mol. The Kier molecular flexibility index (Phi) is 3.37. The number of piperidine rings is 1. The van der Waals surface area contributed by atoms with Crippen molar-refractivity contribution in [1.82, 2.24) is 15.0 Å². The van der Waals surface area contributed by atoms with Crippen molar-refractivity contribution in [2.75, 3.05) is 13.1 Å². The van der Waals surface area contributed by atoms with Crippen LogP contribution in [0.4, 0.5) is 13.2 Å². The molecule has 0 bridgehead atoms. The fraction of sp³-hybridized carbons (Fsp3) is 0.800. The molecule has 0 atom stereocenters. The van der Waals surface area contributed by atoms with Gasteiger partial charge >= 0.3 is 6.18 Å². The topological polar surface area (TPSA) is 42.2 Å². The summed E-state index contributed by atoms with van der Waals surface area (Å²) in [6, 6.07) is 0. The fourth-order valence-corrected chi connectivity index (χ4v) is 2.02. The minimum absolute atomic E-state index is 0.153. The molecule has 0 saturated carbocycles. The van der Waals surface area contributed by atoms with Crippen LogP contribution in [0.25, 0.3) is 0 Å². The zero-order chi connectivity index (χ0) is 12.5. The van der Waals surface area contributed by atoms with Crippen molar-refractivity contribution in [2.45, 2.75) is 32.5 Å². The van der Waals surface area contributed by atoms with Crippen LogP contribution in [-0.4, -0.2) is 34.3 Å². The summed E-state index contributed by atoms with van der Waals surface area (Å²) in [5.41, 5.74) is 0. The molecule has 2 rings (SSSR count). The number of hydrogen-bond acceptors (Lipinski definition) is 4. The number of hydrogen-bond donors (Lipinski definition) is 0. The van der Waals surface area contributed by atoms with Crippen molar-refractivity contribution in [1.29, 1.82) is 0 Å². The van der Waals surface area contributed by atoms with Gasteiger partial charge in [0.1, 0.15) is 0 Å². The van der Waals surface area contributed by atoms with Crippen LogP contribution < -0.4 is 0 Å². The van der Waals surface area contributed by atoms with Crippen molar-refractivity contribution in [3.8, 4) is 0 Å². The van der Waals surface area contributed by atoms with E-state index in [1.807, 2.05) is 4.90 Å². The van der Waals surface area contributed by atoms with Gasteiger partial charge in [-0.15, -0.1) is 0 Å². The lowest BCUT2D eigenvalue weighted by Crippen LogP contribution is -2.38. The first-order valence-corrected chi connectivity index (χ1v) is 5.53. The molecule has 2 heterocycles. The summed E-state index contributed by atoms with van der Waals surface area (Å²) in [5.74, 6) is -0.149. The minimum Gasteiger partial charge on any atom is -0.340 e. The third-order valence-electron chi connectivity index (χ3n) is 2.99. The number of rotatable bonds is 2. The van der Waals surface area contributed by atoms with Crippen LogP contribution in [0.1, 0.15) is 24.6 Å². The Morgan fingerprint density at radius 2 is 2.00 bits per heavy atom. The average Bonchev–Trinajstić information content (AvgIpc) is 2.63. The molecule has 1 aliphatic rings. The maximum absolute atomic E-state index is 12.4. The van der Waals surface area contributed by atoms with Crippen molar-refractivity contribution in [3.05, 3.63) is 11.7 Å². The molecule has 96 valence electrons. The summed E-state index contributed by atoms with van der Waals surface area (Å²) in [4.78, 5) is 5.95. The molecular formula is C10H14F3N3O. The van der Waals surface area contributed by atoms with Gasteiger partial charge in [-0.05, 0) is 25.9 Å². The number of aryl methyl sites for hydroxylation is 1. The highest BCUT2D eigenvalue weighted by molar-refractivity contribution is 4.86. The SMILES string of the molecule is Cc1nc(CN2CCC(C(F)(F)F)CC2)no1. The van der Waals surface area contributed by atoms with Gasteiger partial charge in [0.25, 0.3) is 0 Å². The summed E-state index contributed by atoms with van der Waals surface area (Å²) in [5, 5.41) is 3.73. The maximum atomic E-state index is 12.4. The van der Waals surface area contributed by atoms with E-state index < -0.39 is 12.1 Å². The van der Waals surface area contributed by atoms with E-state index >= 15 is 0 Å². The Morgan fingerprint density at radius 3 is 2.47 bits per heavy atom. The van der Waals surface area contributed by atoms with E-state index in [1.165, 1.54) is 0 Å². The first-order valence-electron chi connectivity index (χ1n) is 5.53. The summed E-state index contributed by atoms with van der Waals surface area (Å²) < 4.78 is 42.1. The Labute approximate surface area is 96.8 Å². The van der Waals surface area contributed by atoms with Crippen molar-refractivity contribution >= 4 is 0 Å². The highest BCUT2D eigenvalue weighted by Gasteiger charge is 2.41. The molecule has 1 fully saturated rings. The third kappa shape index (κ3) is 3.18. The smallest absolute Gasteiger partial charge is 0.340 e. The largest absolute Gasteiger partial charge is 0.391 e. The quantitative estimate of drug-likeness (QED) is 0.805. The van der Waals surface area contributed by atoms with Crippen LogP contribution in [0.2, 0.25) is 0 Å². The second kappa shape index (κ2) is 4.64. The van der Waals surface area contributed by atoms with Crippen LogP contribution in [0.3, 0.4) is 0 Å². The van der Waals surface area contributed by atoms with Gasteiger partial charge in [-0.25, -0.2) is 0 Å². The molecule has 1 aromatic heterocycles. The van der Waals surface area contributed by atoms with Crippen molar-refractivity contribution in [2.24, 2.45) is 5.92 Å². The summed E-state index contributed by atoms with van der Waals surface area (Å²) in [7, 11) is 0. The van der Waals surface area contributed by atoms with Gasteiger partial charge in [0, 0.05) is 6.92 Å². The van der Waals surface area contributed by atoms with E-state index in [2.05, 4.69) is 10.1 Å². The van der Waals surface area contributed by atoms with Gasteiger partial charge in [-0.2, -0.15) is 18.2 Å². The second-order valence-electron chi connectivity index (χ2n) is 4.32. The number of likely N-dealkylation sites (tertiary alicyclic amines) is 1. The van der Waals surface area contributed by atoms with Crippen LogP contribution >= 0.6 is 0 Å². The molecule has 0 radical (unpaired) electrons. The molecule has 0 N–H and O–H groups in total. The van der Waals surface area contributed by atoms with E-state index in [-0.39, 0.29) is 12.8 Å². The highest BCUT2D eigenvalue weighted by atomic mass is 19.4. The van der Waals surface area contributed by atoms with Crippen molar-refractivity contribution < 1.29 is 17.7 Å². The van der Waals surface area contributed by atoms with Gasteiger partial charge in [-0.1, -0.05) is 5.16 Å². The van der Waals surface area contributed by atoms with Crippen LogP contribution in [0.15, 0.2) is 4.52 Å². The Hall–Kier alpha value is -1.11. The monoisotopic (exact) mass is 249 g/mol. The van der Waals surface area contributed by atoms with Gasteiger partial charge in [0.2, 0.25) is 5.89 Å². The second-order valence-corrected chi connectivity index (χ2v) is 4.32. The molecule has 7 heteroatoms. The fourth-order valence-electron chi connectivity index (χ4n) is 2.02. The molecule has 1 saturated heterocycles. The lowest BCUT2D eigenvalue weighted by atomic mass is 9.96. The lowest BCUT2D eigenvalue weighted by molar-refractivity contribution is -0.185. The predicted octanol–water partition coefficient (Wildman–Crippen LogP) is 2.15. The molecular weight excluding hydrogens is 235 g/mol. The van der Waals surface area contributed by atoms with Gasteiger partial charge in [0.05, 0.1) is 12.5 Å².